The molecule has 0 fully saturated rings. The molecular weight excluding hydrogens is 348 g/mol. The highest BCUT2D eigenvalue weighted by Crippen LogP contribution is 2.23. The summed E-state index contributed by atoms with van der Waals surface area (Å²) < 4.78 is 0.933. The molecule has 0 atom stereocenters. The first-order valence-electron chi connectivity index (χ1n) is 5.43. The average Bonchev–Trinajstić information content (AvgIpc) is 2.31. The minimum absolute atomic E-state index is 0.00431. The van der Waals surface area contributed by atoms with Crippen LogP contribution in [0.1, 0.15) is 32.9 Å². The van der Waals surface area contributed by atoms with Crippen LogP contribution in [0.3, 0.4) is 0 Å². The van der Waals surface area contributed by atoms with Crippen molar-refractivity contribution in [2.24, 2.45) is 5.41 Å². The maximum Gasteiger partial charge on any atom is 0.231 e. The molecule has 0 unspecified atom stereocenters. The maximum atomic E-state index is 12.0. The van der Waals surface area contributed by atoms with Gasteiger partial charge in [0.15, 0.2) is 0 Å². The van der Waals surface area contributed by atoms with E-state index in [0.29, 0.717) is 11.1 Å². The Balaban J connectivity index is 2.86. The van der Waals surface area contributed by atoms with Crippen molar-refractivity contribution in [3.05, 3.63) is 22.3 Å². The van der Waals surface area contributed by atoms with Crippen LogP contribution in [0.25, 0.3) is 0 Å². The first-order chi connectivity index (χ1) is 7.90. The van der Waals surface area contributed by atoms with Gasteiger partial charge in [-0.05, 0) is 34.5 Å². The molecule has 1 heterocycles. The normalized spacial score (nSPS) is 11.4. The number of carbonyl (C=O) groups is 1. The number of nitrogens with zero attached hydrogens (tertiary/aromatic N) is 1. The largest absolute Gasteiger partial charge is 0.310 e. The van der Waals surface area contributed by atoms with Crippen LogP contribution < -0.4 is 5.32 Å². The molecule has 1 N–H and O–H groups in total. The third-order valence-corrected chi connectivity index (χ3v) is 4.04. The molecule has 1 aromatic heterocycles. The van der Waals surface area contributed by atoms with E-state index < -0.39 is 0 Å². The molecule has 17 heavy (non-hydrogen) atoms. The number of nitrogens with one attached hydrogen (secondary N) is 1. The molecule has 0 radical (unpaired) electrons. The first kappa shape index (κ1) is 14.6. The summed E-state index contributed by atoms with van der Waals surface area (Å²) in [6.45, 7) is 5.84. The number of rotatable bonds is 4. The number of hydrogen-bond donors (Lipinski definition) is 1. The number of alkyl halides is 1. The summed E-state index contributed by atoms with van der Waals surface area (Å²) in [7, 11) is 0. The Hall–Kier alpha value is -0.420. The van der Waals surface area contributed by atoms with E-state index in [1.165, 1.54) is 0 Å². The maximum absolute atomic E-state index is 12.0. The number of hydrogen-bond acceptors (Lipinski definition) is 2. The summed E-state index contributed by atoms with van der Waals surface area (Å²) in [5.74, 6) is 0.588. The number of amides is 1. The highest BCUT2D eigenvalue weighted by Gasteiger charge is 2.25. The molecule has 0 aliphatic rings. The van der Waals surface area contributed by atoms with Gasteiger partial charge in [-0.15, -0.1) is 0 Å². The Labute approximate surface area is 119 Å². The molecule has 5 heteroatoms. The Kier molecular flexibility index (Phi) is 5.13. The van der Waals surface area contributed by atoms with Crippen molar-refractivity contribution in [2.75, 3.05) is 5.32 Å². The van der Waals surface area contributed by atoms with Crippen LogP contribution in [-0.4, -0.2) is 10.9 Å². The SMILES string of the molecule is CCC(C)(C)C(=O)Nc1ccc(Br)c(CBr)n1. The Bertz CT molecular complexity index is 419. The quantitative estimate of drug-likeness (QED) is 0.817. The topological polar surface area (TPSA) is 42.0 Å². The lowest BCUT2D eigenvalue weighted by Crippen LogP contribution is -2.30. The van der Waals surface area contributed by atoms with Gasteiger partial charge in [0.25, 0.3) is 0 Å². The summed E-state index contributed by atoms with van der Waals surface area (Å²) in [6, 6.07) is 3.68. The molecule has 3 nitrogen and oxygen atoms in total. The van der Waals surface area contributed by atoms with Gasteiger partial charge in [0.1, 0.15) is 5.82 Å². The molecule has 1 aromatic rings. The van der Waals surface area contributed by atoms with Gasteiger partial charge in [-0.25, -0.2) is 4.98 Å². The summed E-state index contributed by atoms with van der Waals surface area (Å²) in [4.78, 5) is 16.3. The van der Waals surface area contributed by atoms with Crippen LogP contribution in [0.15, 0.2) is 16.6 Å². The van der Waals surface area contributed by atoms with Crippen LogP contribution in [0.2, 0.25) is 0 Å². The van der Waals surface area contributed by atoms with Gasteiger partial charge < -0.3 is 5.32 Å². The third kappa shape index (κ3) is 3.78. The fourth-order valence-corrected chi connectivity index (χ4v) is 2.26. The van der Waals surface area contributed by atoms with Gasteiger partial charge >= 0.3 is 0 Å². The summed E-state index contributed by atoms with van der Waals surface area (Å²) >= 11 is 6.76. The van der Waals surface area contributed by atoms with Gasteiger partial charge in [0.2, 0.25) is 5.91 Å². The monoisotopic (exact) mass is 362 g/mol. The second kappa shape index (κ2) is 5.96. The molecule has 0 aliphatic carbocycles. The summed E-state index contributed by atoms with van der Waals surface area (Å²) in [6.07, 6.45) is 0.792. The Morgan fingerprint density at radius 3 is 2.65 bits per heavy atom. The lowest BCUT2D eigenvalue weighted by molar-refractivity contribution is -0.124. The molecule has 0 aliphatic heterocycles. The number of pyridine rings is 1. The van der Waals surface area contributed by atoms with Gasteiger partial charge in [-0.2, -0.15) is 0 Å². The molecule has 1 amide bonds. The predicted octanol–water partition coefficient (Wildman–Crippen LogP) is 4.11. The lowest BCUT2D eigenvalue weighted by atomic mass is 9.89. The molecule has 0 spiro atoms. The van der Waals surface area contributed by atoms with Crippen molar-refractivity contribution >= 4 is 43.6 Å². The van der Waals surface area contributed by atoms with Crippen molar-refractivity contribution in [1.29, 1.82) is 0 Å². The zero-order valence-electron chi connectivity index (χ0n) is 10.2. The molecule has 0 aromatic carbocycles. The van der Waals surface area contributed by atoms with E-state index >= 15 is 0 Å². The van der Waals surface area contributed by atoms with E-state index in [4.69, 9.17) is 0 Å². The fraction of sp³-hybridized carbons (Fsp3) is 0.500. The van der Waals surface area contributed by atoms with E-state index in [1.807, 2.05) is 26.8 Å². The lowest BCUT2D eigenvalue weighted by Gasteiger charge is -2.21. The number of aromatic nitrogens is 1. The van der Waals surface area contributed by atoms with E-state index in [0.717, 1.165) is 16.6 Å². The third-order valence-electron chi connectivity index (χ3n) is 2.79. The molecule has 1 rings (SSSR count). The fourth-order valence-electron chi connectivity index (χ4n) is 1.09. The van der Waals surface area contributed by atoms with Crippen LogP contribution >= 0.6 is 31.9 Å². The minimum atomic E-state index is -0.372. The number of halogens is 2. The highest BCUT2D eigenvalue weighted by atomic mass is 79.9. The van der Waals surface area contributed by atoms with Crippen LogP contribution in [0, 0.1) is 5.41 Å². The second-order valence-corrected chi connectivity index (χ2v) is 5.87. The predicted molar refractivity (Wildman–Crippen MR) is 77.3 cm³/mol. The van der Waals surface area contributed by atoms with Gasteiger partial charge in [0, 0.05) is 15.2 Å². The average molecular weight is 364 g/mol. The Morgan fingerprint density at radius 1 is 1.47 bits per heavy atom. The van der Waals surface area contributed by atoms with Crippen molar-refractivity contribution < 1.29 is 4.79 Å². The smallest absolute Gasteiger partial charge is 0.231 e. The zero-order valence-corrected chi connectivity index (χ0v) is 13.4. The van der Waals surface area contributed by atoms with E-state index in [2.05, 4.69) is 42.2 Å². The van der Waals surface area contributed by atoms with E-state index in [1.54, 1.807) is 6.07 Å². The molecule has 94 valence electrons. The van der Waals surface area contributed by atoms with E-state index in [9.17, 15) is 4.79 Å². The van der Waals surface area contributed by atoms with Crippen LogP contribution in [0.4, 0.5) is 5.82 Å². The highest BCUT2D eigenvalue weighted by molar-refractivity contribution is 9.10. The second-order valence-electron chi connectivity index (χ2n) is 4.45. The summed E-state index contributed by atoms with van der Waals surface area (Å²) in [5, 5.41) is 3.49. The molecular formula is C12H16Br2N2O. The van der Waals surface area contributed by atoms with Crippen molar-refractivity contribution in [3.63, 3.8) is 0 Å². The van der Waals surface area contributed by atoms with Crippen molar-refractivity contribution in [1.82, 2.24) is 4.98 Å². The first-order valence-corrected chi connectivity index (χ1v) is 7.35. The van der Waals surface area contributed by atoms with Gasteiger partial charge in [-0.3, -0.25) is 4.79 Å². The van der Waals surface area contributed by atoms with Gasteiger partial charge in [0.05, 0.1) is 5.69 Å². The molecule has 0 saturated carbocycles. The van der Waals surface area contributed by atoms with Crippen molar-refractivity contribution in [3.8, 4) is 0 Å². The van der Waals surface area contributed by atoms with Crippen LogP contribution in [-0.2, 0) is 10.1 Å². The standard InChI is InChI=1S/C12H16Br2N2O/c1-4-12(2,3)11(17)16-10-6-5-8(14)9(7-13)15-10/h5-6H,4,7H2,1-3H3,(H,15,16,17). The zero-order chi connectivity index (χ0) is 13.1. The van der Waals surface area contributed by atoms with Crippen molar-refractivity contribution in [2.45, 2.75) is 32.5 Å². The number of anilines is 1. The van der Waals surface area contributed by atoms with E-state index in [-0.39, 0.29) is 11.3 Å². The molecule has 0 bridgehead atoms. The Morgan fingerprint density at radius 2 is 2.12 bits per heavy atom. The summed E-state index contributed by atoms with van der Waals surface area (Å²) in [5.41, 5.74) is 0.501. The van der Waals surface area contributed by atoms with Crippen LogP contribution in [0.5, 0.6) is 0 Å². The molecule has 0 saturated heterocycles. The van der Waals surface area contributed by atoms with Gasteiger partial charge in [-0.1, -0.05) is 36.7 Å². The number of carbonyl (C=O) groups excluding carboxylic acids is 1. The minimum Gasteiger partial charge on any atom is -0.310 e.